The zero-order valence-electron chi connectivity index (χ0n) is 23.8. The fourth-order valence-electron chi connectivity index (χ4n) is 3.90. The van der Waals surface area contributed by atoms with E-state index in [1.54, 1.807) is 49.6 Å². The van der Waals surface area contributed by atoms with Crippen molar-refractivity contribution in [3.05, 3.63) is 35.4 Å². The van der Waals surface area contributed by atoms with Gasteiger partial charge >= 0.3 is 6.09 Å². The summed E-state index contributed by atoms with van der Waals surface area (Å²) in [4.78, 5) is 42.2. The Labute approximate surface area is 227 Å². The van der Waals surface area contributed by atoms with Crippen LogP contribution in [0, 0.1) is 12.3 Å². The topological polar surface area (TPSA) is 87.7 Å². The molecule has 0 heterocycles. The lowest BCUT2D eigenvalue weighted by Crippen LogP contribution is -2.58. The van der Waals surface area contributed by atoms with Crippen molar-refractivity contribution in [2.45, 2.75) is 97.4 Å². The highest BCUT2D eigenvalue weighted by Crippen LogP contribution is 2.32. The Morgan fingerprint density at radius 3 is 2.30 bits per heavy atom. The number of terminal acetylenes is 1. The molecule has 2 atom stereocenters. The summed E-state index contributed by atoms with van der Waals surface area (Å²) in [5, 5.41) is 5.77. The summed E-state index contributed by atoms with van der Waals surface area (Å²) >= 11 is 1.57. The maximum absolute atomic E-state index is 14.2. The van der Waals surface area contributed by atoms with Gasteiger partial charge in [0.25, 0.3) is 0 Å². The van der Waals surface area contributed by atoms with Gasteiger partial charge in [-0.15, -0.1) is 6.42 Å². The summed E-state index contributed by atoms with van der Waals surface area (Å²) in [5.41, 5.74) is -0.369. The van der Waals surface area contributed by atoms with Crippen molar-refractivity contribution in [3.63, 3.8) is 0 Å². The van der Waals surface area contributed by atoms with Gasteiger partial charge in [0.15, 0.2) is 0 Å². The number of hydrogen-bond acceptors (Lipinski definition) is 5. The lowest BCUT2D eigenvalue weighted by Gasteiger charge is -2.43. The first-order valence-electron chi connectivity index (χ1n) is 12.9. The number of thioether (sulfide) groups is 1. The zero-order valence-corrected chi connectivity index (χ0v) is 24.6. The van der Waals surface area contributed by atoms with Crippen molar-refractivity contribution >= 4 is 29.7 Å². The molecule has 206 valence electrons. The molecule has 0 radical (unpaired) electrons. The summed E-state index contributed by atoms with van der Waals surface area (Å²) in [5.74, 6) is 2.63. The van der Waals surface area contributed by atoms with E-state index in [0.717, 1.165) is 19.3 Å². The molecule has 0 saturated carbocycles. The van der Waals surface area contributed by atoms with Gasteiger partial charge < -0.3 is 20.3 Å². The minimum atomic E-state index is -0.974. The van der Waals surface area contributed by atoms with Crippen LogP contribution in [0.3, 0.4) is 0 Å². The lowest BCUT2D eigenvalue weighted by atomic mass is 9.92. The van der Waals surface area contributed by atoms with Crippen molar-refractivity contribution in [2.24, 2.45) is 0 Å². The molecule has 2 unspecified atom stereocenters. The van der Waals surface area contributed by atoms with Gasteiger partial charge in [-0.1, -0.05) is 43.9 Å². The number of benzene rings is 1. The first kappa shape index (κ1) is 32.4. The Balaban J connectivity index is 3.55. The van der Waals surface area contributed by atoms with Gasteiger partial charge in [0, 0.05) is 17.6 Å². The molecule has 37 heavy (non-hydrogen) atoms. The summed E-state index contributed by atoms with van der Waals surface area (Å²) in [6, 6.07) is 5.32. The molecule has 0 aliphatic heterocycles. The Morgan fingerprint density at radius 1 is 1.11 bits per heavy atom. The van der Waals surface area contributed by atoms with Crippen LogP contribution in [0.1, 0.15) is 91.3 Å². The van der Waals surface area contributed by atoms with E-state index in [4.69, 9.17) is 11.2 Å². The van der Waals surface area contributed by atoms with E-state index in [2.05, 4.69) is 23.5 Å². The van der Waals surface area contributed by atoms with Crippen LogP contribution in [0.15, 0.2) is 24.3 Å². The van der Waals surface area contributed by atoms with E-state index in [1.807, 2.05) is 39.2 Å². The third-order valence-corrected chi connectivity index (χ3v) is 6.20. The molecule has 0 aromatic heterocycles. The molecule has 1 aromatic rings. The van der Waals surface area contributed by atoms with Crippen LogP contribution >= 0.6 is 11.8 Å². The number of ether oxygens (including phenoxy) is 1. The third kappa shape index (κ3) is 10.7. The molecule has 3 amide bonds. The Kier molecular flexibility index (Phi) is 13.1. The molecular formula is C29H45N3O4S. The van der Waals surface area contributed by atoms with Crippen LogP contribution < -0.4 is 10.6 Å². The van der Waals surface area contributed by atoms with Gasteiger partial charge in [-0.2, -0.15) is 11.8 Å². The number of amides is 3. The van der Waals surface area contributed by atoms with Crippen LogP contribution in [-0.2, 0) is 14.3 Å². The highest BCUT2D eigenvalue weighted by atomic mass is 32.2. The number of alkyl carbamates (subject to hydrolysis) is 1. The second-order valence-corrected chi connectivity index (χ2v) is 12.0. The van der Waals surface area contributed by atoms with Gasteiger partial charge in [-0.05, 0) is 78.0 Å². The summed E-state index contributed by atoms with van der Waals surface area (Å²) in [6.45, 7) is 13.5. The lowest BCUT2D eigenvalue weighted by molar-refractivity contribution is -0.148. The predicted octanol–water partition coefficient (Wildman–Crippen LogP) is 5.29. The van der Waals surface area contributed by atoms with E-state index >= 15 is 0 Å². The summed E-state index contributed by atoms with van der Waals surface area (Å²) in [7, 11) is 0. The highest BCUT2D eigenvalue weighted by Gasteiger charge is 2.42. The first-order valence-corrected chi connectivity index (χ1v) is 14.3. The average molecular weight is 532 g/mol. The van der Waals surface area contributed by atoms with E-state index in [1.165, 1.54) is 0 Å². The Morgan fingerprint density at radius 2 is 1.76 bits per heavy atom. The molecular weight excluding hydrogens is 486 g/mol. The van der Waals surface area contributed by atoms with Crippen LogP contribution in [0.2, 0.25) is 0 Å². The van der Waals surface area contributed by atoms with Crippen LogP contribution in [0.5, 0.6) is 0 Å². The van der Waals surface area contributed by atoms with Gasteiger partial charge in [0.05, 0.1) is 0 Å². The highest BCUT2D eigenvalue weighted by molar-refractivity contribution is 7.98. The largest absolute Gasteiger partial charge is 0.444 e. The molecule has 2 N–H and O–H groups in total. The second kappa shape index (κ2) is 14.9. The second-order valence-electron chi connectivity index (χ2n) is 11.0. The van der Waals surface area contributed by atoms with Crippen molar-refractivity contribution in [2.75, 3.05) is 18.6 Å². The van der Waals surface area contributed by atoms with Crippen LogP contribution in [0.4, 0.5) is 4.79 Å². The average Bonchev–Trinajstić information content (AvgIpc) is 2.80. The quantitative estimate of drug-likeness (QED) is 0.283. The van der Waals surface area contributed by atoms with Gasteiger partial charge in [-0.3, -0.25) is 9.59 Å². The van der Waals surface area contributed by atoms with Crippen molar-refractivity contribution in [1.29, 1.82) is 0 Å². The number of nitrogens with zero attached hydrogens (tertiary/aromatic N) is 1. The van der Waals surface area contributed by atoms with Gasteiger partial charge in [0.1, 0.15) is 17.7 Å². The number of carbonyl (C=O) groups excluding carboxylic acids is 3. The smallest absolute Gasteiger partial charge is 0.408 e. The van der Waals surface area contributed by atoms with E-state index < -0.39 is 29.3 Å². The zero-order chi connectivity index (χ0) is 28.2. The molecule has 8 heteroatoms. The van der Waals surface area contributed by atoms with Gasteiger partial charge in [0.2, 0.25) is 11.8 Å². The van der Waals surface area contributed by atoms with Crippen LogP contribution in [0.25, 0.3) is 0 Å². The minimum Gasteiger partial charge on any atom is -0.444 e. The van der Waals surface area contributed by atoms with Crippen LogP contribution in [-0.4, -0.2) is 58.5 Å². The molecule has 0 saturated heterocycles. The fourth-order valence-corrected chi connectivity index (χ4v) is 4.38. The Bertz CT molecular complexity index is 944. The monoisotopic (exact) mass is 531 g/mol. The molecule has 0 fully saturated rings. The first-order chi connectivity index (χ1) is 17.3. The third-order valence-electron chi connectivity index (χ3n) is 5.56. The Hall–Kier alpha value is -2.66. The molecule has 7 nitrogen and oxygen atoms in total. The number of hydrogen-bond donors (Lipinski definition) is 2. The van der Waals surface area contributed by atoms with Crippen molar-refractivity contribution in [1.82, 2.24) is 15.5 Å². The maximum Gasteiger partial charge on any atom is 0.408 e. The van der Waals surface area contributed by atoms with Crippen molar-refractivity contribution < 1.29 is 19.1 Å². The maximum atomic E-state index is 14.2. The number of unbranched alkanes of at least 4 members (excludes halogenated alkanes) is 2. The fraction of sp³-hybridized carbons (Fsp3) is 0.621. The minimum absolute atomic E-state index is 0.303. The number of carbonyl (C=O) groups is 3. The van der Waals surface area contributed by atoms with E-state index in [-0.39, 0.29) is 11.8 Å². The molecule has 0 spiro atoms. The molecule has 0 aliphatic rings. The number of nitrogens with one attached hydrogen (secondary N) is 2. The predicted molar refractivity (Wildman–Crippen MR) is 152 cm³/mol. The molecule has 0 aliphatic carbocycles. The summed E-state index contributed by atoms with van der Waals surface area (Å²) in [6.07, 6.45) is 10.3. The standard InChI is InChI=1S/C29H45N3O4S/c1-10-12-15-19-30-25(33)24(22-17-14-13-16-21(22)11-2)32(28(3,4)5)26(34)23(18-20-37-9)31-27(35)36-29(6,7)8/h2,13-14,16-17,23-24H,10,12,15,18-20H2,1,3-9H3,(H,30,33)(H,31,35). The number of rotatable bonds is 12. The molecule has 0 bridgehead atoms. The molecule has 1 aromatic carbocycles. The normalized spacial score (nSPS) is 13.2. The van der Waals surface area contributed by atoms with Crippen molar-refractivity contribution in [3.8, 4) is 12.3 Å². The SMILES string of the molecule is C#Cc1ccccc1C(C(=O)NCCCCC)N(C(=O)C(CCSC)NC(=O)OC(C)(C)C)C(C)(C)C. The molecule has 1 rings (SSSR count). The van der Waals surface area contributed by atoms with Gasteiger partial charge in [-0.25, -0.2) is 4.79 Å². The van der Waals surface area contributed by atoms with E-state index in [0.29, 0.717) is 29.8 Å². The van der Waals surface area contributed by atoms with E-state index in [9.17, 15) is 14.4 Å². The summed E-state index contributed by atoms with van der Waals surface area (Å²) < 4.78 is 5.44.